The average Bonchev–Trinajstić information content (AvgIpc) is 3.07. The Balaban J connectivity index is 1.80. The smallest absolute Gasteiger partial charge is 0.267 e. The summed E-state index contributed by atoms with van der Waals surface area (Å²) >= 11 is 0. The number of aromatic nitrogens is 4. The van der Waals surface area contributed by atoms with E-state index in [9.17, 15) is 9.59 Å². The van der Waals surface area contributed by atoms with Crippen LogP contribution in [0.25, 0.3) is 5.82 Å². The molecule has 2 aromatic heterocycles. The van der Waals surface area contributed by atoms with Crippen molar-refractivity contribution in [2.24, 2.45) is 0 Å². The molecule has 0 aliphatic rings. The van der Waals surface area contributed by atoms with Gasteiger partial charge in [0.25, 0.3) is 5.56 Å². The molecule has 0 saturated carbocycles. The summed E-state index contributed by atoms with van der Waals surface area (Å²) in [6, 6.07) is 10.5. The number of nitrogens with zero attached hydrogens (tertiary/aromatic N) is 4. The molecule has 0 aliphatic heterocycles. The maximum atomic E-state index is 12.3. The van der Waals surface area contributed by atoms with Crippen molar-refractivity contribution in [2.75, 3.05) is 5.32 Å². The van der Waals surface area contributed by atoms with Gasteiger partial charge in [-0.3, -0.25) is 9.59 Å². The standard InChI is InChI=1S/C17H17N5O2/c1-12-4-5-13(2)14(10-12)19-16(23)11-22-17(24)7-6-15(20-22)21-9-3-8-18-21/h3-10H,11H2,1-2H3,(H,19,23). The zero-order chi connectivity index (χ0) is 17.1. The number of hydrogen-bond acceptors (Lipinski definition) is 4. The predicted octanol–water partition coefficient (Wildman–Crippen LogP) is 1.68. The zero-order valence-corrected chi connectivity index (χ0v) is 13.4. The van der Waals surface area contributed by atoms with E-state index in [1.165, 1.54) is 10.7 Å². The van der Waals surface area contributed by atoms with E-state index in [1.807, 2.05) is 32.0 Å². The summed E-state index contributed by atoms with van der Waals surface area (Å²) in [5.74, 6) is 0.162. The molecule has 0 spiro atoms. The minimum absolute atomic E-state index is 0.165. The van der Waals surface area contributed by atoms with Gasteiger partial charge in [-0.1, -0.05) is 12.1 Å². The van der Waals surface area contributed by atoms with E-state index in [-0.39, 0.29) is 18.0 Å². The fraction of sp³-hybridized carbons (Fsp3) is 0.176. The number of nitrogens with one attached hydrogen (secondary N) is 1. The Morgan fingerprint density at radius 1 is 1.21 bits per heavy atom. The maximum Gasteiger partial charge on any atom is 0.267 e. The fourth-order valence-electron chi connectivity index (χ4n) is 2.27. The first-order chi connectivity index (χ1) is 11.5. The fourth-order valence-corrected chi connectivity index (χ4v) is 2.27. The van der Waals surface area contributed by atoms with Gasteiger partial charge in [0, 0.05) is 24.1 Å². The molecule has 1 amide bonds. The van der Waals surface area contributed by atoms with Gasteiger partial charge in [0.15, 0.2) is 5.82 Å². The normalized spacial score (nSPS) is 10.6. The number of benzene rings is 1. The quantitative estimate of drug-likeness (QED) is 0.792. The van der Waals surface area contributed by atoms with Crippen molar-refractivity contribution in [3.05, 3.63) is 70.3 Å². The van der Waals surface area contributed by atoms with Crippen molar-refractivity contribution in [3.8, 4) is 5.82 Å². The highest BCUT2D eigenvalue weighted by Crippen LogP contribution is 2.16. The third-order valence-electron chi connectivity index (χ3n) is 3.55. The molecule has 0 unspecified atom stereocenters. The SMILES string of the molecule is Cc1ccc(C)c(NC(=O)Cn2nc(-n3cccn3)ccc2=O)c1. The van der Waals surface area contributed by atoms with Crippen LogP contribution in [-0.2, 0) is 11.3 Å². The molecule has 1 N–H and O–H groups in total. The lowest BCUT2D eigenvalue weighted by atomic mass is 10.1. The molecule has 1 aromatic carbocycles. The lowest BCUT2D eigenvalue weighted by Gasteiger charge is -2.10. The molecule has 0 bridgehead atoms. The van der Waals surface area contributed by atoms with Gasteiger partial charge in [-0.15, -0.1) is 5.10 Å². The summed E-state index contributed by atoms with van der Waals surface area (Å²) < 4.78 is 2.65. The molecule has 0 aliphatic carbocycles. The Bertz CT molecular complexity index is 928. The summed E-state index contributed by atoms with van der Waals surface area (Å²) in [5, 5.41) is 11.1. The third kappa shape index (κ3) is 3.40. The first-order valence-corrected chi connectivity index (χ1v) is 7.48. The van der Waals surface area contributed by atoms with Gasteiger partial charge in [-0.2, -0.15) is 5.10 Å². The molecule has 0 saturated heterocycles. The number of amides is 1. The number of carbonyl (C=O) groups is 1. The second-order valence-electron chi connectivity index (χ2n) is 5.50. The van der Waals surface area contributed by atoms with Gasteiger partial charge in [-0.25, -0.2) is 9.36 Å². The van der Waals surface area contributed by atoms with E-state index in [0.717, 1.165) is 21.5 Å². The highest BCUT2D eigenvalue weighted by Gasteiger charge is 2.09. The Kier molecular flexibility index (Phi) is 4.24. The molecule has 0 fully saturated rings. The monoisotopic (exact) mass is 323 g/mol. The minimum Gasteiger partial charge on any atom is -0.324 e. The number of anilines is 1. The molecule has 24 heavy (non-hydrogen) atoms. The van der Waals surface area contributed by atoms with Crippen LogP contribution in [0.4, 0.5) is 5.69 Å². The predicted molar refractivity (Wildman–Crippen MR) is 90.2 cm³/mol. The first kappa shape index (κ1) is 15.7. The Morgan fingerprint density at radius 2 is 2.04 bits per heavy atom. The van der Waals surface area contributed by atoms with Crippen LogP contribution >= 0.6 is 0 Å². The van der Waals surface area contributed by atoms with Crippen LogP contribution in [0, 0.1) is 13.8 Å². The van der Waals surface area contributed by atoms with Crippen molar-refractivity contribution >= 4 is 11.6 Å². The molecule has 3 rings (SSSR count). The van der Waals surface area contributed by atoms with E-state index >= 15 is 0 Å². The molecule has 7 heteroatoms. The third-order valence-corrected chi connectivity index (χ3v) is 3.55. The summed E-state index contributed by atoms with van der Waals surface area (Å²) in [5.41, 5.74) is 2.39. The number of carbonyl (C=O) groups excluding carboxylic acids is 1. The number of hydrogen-bond donors (Lipinski definition) is 1. The van der Waals surface area contributed by atoms with E-state index in [0.29, 0.717) is 5.82 Å². The largest absolute Gasteiger partial charge is 0.324 e. The summed E-state index contributed by atoms with van der Waals surface area (Å²) in [6.45, 7) is 3.70. The molecule has 122 valence electrons. The summed E-state index contributed by atoms with van der Waals surface area (Å²) in [7, 11) is 0. The Morgan fingerprint density at radius 3 is 2.79 bits per heavy atom. The molecule has 2 heterocycles. The molecule has 7 nitrogen and oxygen atoms in total. The van der Waals surface area contributed by atoms with Crippen LogP contribution < -0.4 is 10.9 Å². The molecule has 0 atom stereocenters. The summed E-state index contributed by atoms with van der Waals surface area (Å²) in [4.78, 5) is 24.2. The lowest BCUT2D eigenvalue weighted by Crippen LogP contribution is -2.30. The van der Waals surface area contributed by atoms with Gasteiger partial charge in [0.2, 0.25) is 5.91 Å². The Labute approximate surface area is 138 Å². The number of aryl methyl sites for hydroxylation is 2. The Hall–Kier alpha value is -3.22. The zero-order valence-electron chi connectivity index (χ0n) is 13.4. The molecular weight excluding hydrogens is 306 g/mol. The first-order valence-electron chi connectivity index (χ1n) is 7.48. The van der Waals surface area contributed by atoms with Gasteiger partial charge in [-0.05, 0) is 43.2 Å². The second-order valence-corrected chi connectivity index (χ2v) is 5.50. The van der Waals surface area contributed by atoms with Crippen molar-refractivity contribution in [1.82, 2.24) is 19.6 Å². The van der Waals surface area contributed by atoms with Crippen LogP contribution in [0.1, 0.15) is 11.1 Å². The number of rotatable bonds is 4. The lowest BCUT2D eigenvalue weighted by molar-refractivity contribution is -0.117. The maximum absolute atomic E-state index is 12.3. The van der Waals surface area contributed by atoms with Gasteiger partial charge in [0.05, 0.1) is 0 Å². The van der Waals surface area contributed by atoms with Crippen LogP contribution in [0.5, 0.6) is 0 Å². The second kappa shape index (κ2) is 6.49. The van der Waals surface area contributed by atoms with Gasteiger partial charge < -0.3 is 5.32 Å². The highest BCUT2D eigenvalue weighted by atomic mass is 16.2. The van der Waals surface area contributed by atoms with Crippen LogP contribution in [0.15, 0.2) is 53.6 Å². The van der Waals surface area contributed by atoms with E-state index in [2.05, 4.69) is 15.5 Å². The molecule has 0 radical (unpaired) electrons. The van der Waals surface area contributed by atoms with Crippen molar-refractivity contribution < 1.29 is 4.79 Å². The highest BCUT2D eigenvalue weighted by molar-refractivity contribution is 5.91. The summed E-state index contributed by atoms with van der Waals surface area (Å²) in [6.07, 6.45) is 3.33. The minimum atomic E-state index is -0.345. The average molecular weight is 323 g/mol. The van der Waals surface area contributed by atoms with Crippen LogP contribution in [-0.4, -0.2) is 25.5 Å². The molecule has 3 aromatic rings. The van der Waals surface area contributed by atoms with E-state index in [4.69, 9.17) is 0 Å². The van der Waals surface area contributed by atoms with Crippen LogP contribution in [0.2, 0.25) is 0 Å². The molecular formula is C17H17N5O2. The van der Waals surface area contributed by atoms with Crippen LogP contribution in [0.3, 0.4) is 0 Å². The van der Waals surface area contributed by atoms with Gasteiger partial charge >= 0.3 is 0 Å². The van der Waals surface area contributed by atoms with Gasteiger partial charge in [0.1, 0.15) is 6.54 Å². The van der Waals surface area contributed by atoms with E-state index in [1.54, 1.807) is 24.5 Å². The van der Waals surface area contributed by atoms with E-state index < -0.39 is 0 Å². The van der Waals surface area contributed by atoms with Crippen molar-refractivity contribution in [3.63, 3.8) is 0 Å². The topological polar surface area (TPSA) is 81.8 Å². The van der Waals surface area contributed by atoms with Crippen molar-refractivity contribution in [1.29, 1.82) is 0 Å². The van der Waals surface area contributed by atoms with Crippen molar-refractivity contribution in [2.45, 2.75) is 20.4 Å².